The smallest absolute Gasteiger partial charge is 0.0728 e. The minimum atomic E-state index is 0.601. The standard InChI is InChI=1S/C13H18N2S/c1-10-9-11-5-2-3-6-12(11)15(10)8-4-7-13(14)16/h2-3,5-6,10H,4,7-9H2,1H3,(H2,14,16). The van der Waals surface area contributed by atoms with Crippen molar-refractivity contribution in [2.75, 3.05) is 11.4 Å². The molecule has 0 spiro atoms. The molecule has 2 rings (SSSR count). The molecule has 1 aliphatic heterocycles. The molecule has 2 nitrogen and oxygen atoms in total. The van der Waals surface area contributed by atoms with E-state index in [0.717, 1.165) is 25.8 Å². The van der Waals surface area contributed by atoms with Gasteiger partial charge in [0.25, 0.3) is 0 Å². The zero-order valence-electron chi connectivity index (χ0n) is 9.65. The lowest BCUT2D eigenvalue weighted by Crippen LogP contribution is -2.30. The van der Waals surface area contributed by atoms with Gasteiger partial charge >= 0.3 is 0 Å². The van der Waals surface area contributed by atoms with Crippen LogP contribution in [-0.2, 0) is 6.42 Å². The number of hydrogen-bond acceptors (Lipinski definition) is 2. The Hall–Kier alpha value is -1.09. The SMILES string of the molecule is CC1Cc2ccccc2N1CCCC(N)=S. The van der Waals surface area contributed by atoms with Crippen LogP contribution in [0.1, 0.15) is 25.3 Å². The fraction of sp³-hybridized carbons (Fsp3) is 0.462. The summed E-state index contributed by atoms with van der Waals surface area (Å²) in [5.41, 5.74) is 8.37. The van der Waals surface area contributed by atoms with Gasteiger partial charge in [0.05, 0.1) is 4.99 Å². The Kier molecular flexibility index (Phi) is 3.44. The predicted molar refractivity (Wildman–Crippen MR) is 73.0 cm³/mol. The van der Waals surface area contributed by atoms with Gasteiger partial charge in [-0.05, 0) is 37.8 Å². The maximum atomic E-state index is 5.52. The van der Waals surface area contributed by atoms with E-state index >= 15 is 0 Å². The lowest BCUT2D eigenvalue weighted by Gasteiger charge is -2.24. The third-order valence-electron chi connectivity index (χ3n) is 3.17. The van der Waals surface area contributed by atoms with E-state index in [1.807, 2.05) is 0 Å². The average Bonchev–Trinajstić information content (AvgIpc) is 2.55. The molecule has 0 radical (unpaired) electrons. The number of nitrogens with two attached hydrogens (primary N) is 1. The number of rotatable bonds is 4. The van der Waals surface area contributed by atoms with Crippen molar-refractivity contribution in [3.8, 4) is 0 Å². The van der Waals surface area contributed by atoms with Crippen LogP contribution in [-0.4, -0.2) is 17.6 Å². The first-order valence-electron chi connectivity index (χ1n) is 5.81. The highest BCUT2D eigenvalue weighted by molar-refractivity contribution is 7.80. The van der Waals surface area contributed by atoms with Crippen LogP contribution in [0.3, 0.4) is 0 Å². The van der Waals surface area contributed by atoms with Crippen LogP contribution in [0.4, 0.5) is 5.69 Å². The molecule has 16 heavy (non-hydrogen) atoms. The predicted octanol–water partition coefficient (Wildman–Crippen LogP) is 2.50. The molecule has 1 atom stereocenters. The Morgan fingerprint density at radius 1 is 1.50 bits per heavy atom. The molecule has 0 aromatic heterocycles. The summed E-state index contributed by atoms with van der Waals surface area (Å²) in [5, 5.41) is 0. The van der Waals surface area contributed by atoms with Crippen LogP contribution < -0.4 is 10.6 Å². The molecule has 1 heterocycles. The Balaban J connectivity index is 2.02. The number of hydrogen-bond donors (Lipinski definition) is 1. The second-order valence-electron chi connectivity index (χ2n) is 4.45. The summed E-state index contributed by atoms with van der Waals surface area (Å²) in [7, 11) is 0. The van der Waals surface area contributed by atoms with Crippen molar-refractivity contribution in [1.82, 2.24) is 0 Å². The van der Waals surface area contributed by atoms with E-state index in [9.17, 15) is 0 Å². The maximum absolute atomic E-state index is 5.52. The summed E-state index contributed by atoms with van der Waals surface area (Å²) < 4.78 is 0. The minimum absolute atomic E-state index is 0.601. The van der Waals surface area contributed by atoms with E-state index < -0.39 is 0 Å². The molecule has 1 aromatic rings. The third kappa shape index (κ3) is 2.35. The lowest BCUT2D eigenvalue weighted by atomic mass is 10.1. The van der Waals surface area contributed by atoms with Gasteiger partial charge in [0.1, 0.15) is 0 Å². The largest absolute Gasteiger partial charge is 0.393 e. The number of fused-ring (bicyclic) bond motifs is 1. The first kappa shape index (κ1) is 11.4. The Morgan fingerprint density at radius 2 is 2.25 bits per heavy atom. The molecule has 86 valence electrons. The molecule has 0 aliphatic carbocycles. The van der Waals surface area contributed by atoms with Gasteiger partial charge in [0, 0.05) is 18.3 Å². The van der Waals surface area contributed by atoms with E-state index in [4.69, 9.17) is 18.0 Å². The fourth-order valence-electron chi connectivity index (χ4n) is 2.39. The van der Waals surface area contributed by atoms with Crippen LogP contribution >= 0.6 is 12.2 Å². The van der Waals surface area contributed by atoms with Crippen LogP contribution in [0, 0.1) is 0 Å². The number of para-hydroxylation sites is 1. The molecule has 0 bridgehead atoms. The van der Waals surface area contributed by atoms with Gasteiger partial charge in [-0.3, -0.25) is 0 Å². The molecule has 3 heteroatoms. The highest BCUT2D eigenvalue weighted by atomic mass is 32.1. The second kappa shape index (κ2) is 4.83. The molecule has 0 saturated carbocycles. The first-order chi connectivity index (χ1) is 7.68. The molecule has 2 N–H and O–H groups in total. The fourth-order valence-corrected chi connectivity index (χ4v) is 2.54. The Labute approximate surface area is 102 Å². The maximum Gasteiger partial charge on any atom is 0.0728 e. The monoisotopic (exact) mass is 234 g/mol. The van der Waals surface area contributed by atoms with Crippen LogP contribution in [0.5, 0.6) is 0 Å². The van der Waals surface area contributed by atoms with Crippen molar-refractivity contribution < 1.29 is 0 Å². The van der Waals surface area contributed by atoms with Crippen molar-refractivity contribution in [2.45, 2.75) is 32.2 Å². The van der Waals surface area contributed by atoms with Gasteiger partial charge in [0.15, 0.2) is 0 Å². The molecule has 1 aromatic carbocycles. The minimum Gasteiger partial charge on any atom is -0.393 e. The van der Waals surface area contributed by atoms with Crippen molar-refractivity contribution in [3.63, 3.8) is 0 Å². The molecular weight excluding hydrogens is 216 g/mol. The van der Waals surface area contributed by atoms with Gasteiger partial charge in [-0.2, -0.15) is 0 Å². The summed E-state index contributed by atoms with van der Waals surface area (Å²) in [6.07, 6.45) is 3.05. The molecule has 0 amide bonds. The van der Waals surface area contributed by atoms with Gasteiger partial charge in [0.2, 0.25) is 0 Å². The molecule has 0 fully saturated rings. The summed E-state index contributed by atoms with van der Waals surface area (Å²) in [4.78, 5) is 3.09. The van der Waals surface area contributed by atoms with E-state index in [1.165, 1.54) is 11.3 Å². The Morgan fingerprint density at radius 3 is 3.00 bits per heavy atom. The van der Waals surface area contributed by atoms with Crippen molar-refractivity contribution >= 4 is 22.9 Å². The van der Waals surface area contributed by atoms with E-state index in [2.05, 4.69) is 36.1 Å². The van der Waals surface area contributed by atoms with Crippen LogP contribution in [0.2, 0.25) is 0 Å². The van der Waals surface area contributed by atoms with Crippen molar-refractivity contribution in [2.24, 2.45) is 5.73 Å². The van der Waals surface area contributed by atoms with E-state index in [-0.39, 0.29) is 0 Å². The normalized spacial score (nSPS) is 18.6. The molecule has 0 saturated heterocycles. The van der Waals surface area contributed by atoms with Gasteiger partial charge in [-0.1, -0.05) is 30.4 Å². The second-order valence-corrected chi connectivity index (χ2v) is 4.97. The first-order valence-corrected chi connectivity index (χ1v) is 6.22. The van der Waals surface area contributed by atoms with E-state index in [0.29, 0.717) is 11.0 Å². The highest BCUT2D eigenvalue weighted by Crippen LogP contribution is 2.31. The summed E-state index contributed by atoms with van der Waals surface area (Å²) in [5.74, 6) is 0. The molecule has 1 unspecified atom stereocenters. The number of nitrogens with zero attached hydrogens (tertiary/aromatic N) is 1. The number of anilines is 1. The van der Waals surface area contributed by atoms with Crippen molar-refractivity contribution in [3.05, 3.63) is 29.8 Å². The highest BCUT2D eigenvalue weighted by Gasteiger charge is 2.24. The summed E-state index contributed by atoms with van der Waals surface area (Å²) in [6, 6.07) is 9.25. The number of thiocarbonyl (C=S) groups is 1. The van der Waals surface area contributed by atoms with Crippen LogP contribution in [0.25, 0.3) is 0 Å². The van der Waals surface area contributed by atoms with Gasteiger partial charge < -0.3 is 10.6 Å². The zero-order valence-corrected chi connectivity index (χ0v) is 10.5. The Bertz CT molecular complexity index is 389. The summed E-state index contributed by atoms with van der Waals surface area (Å²) >= 11 is 4.90. The third-order valence-corrected chi connectivity index (χ3v) is 3.37. The van der Waals surface area contributed by atoms with Gasteiger partial charge in [-0.25, -0.2) is 0 Å². The van der Waals surface area contributed by atoms with Gasteiger partial charge in [-0.15, -0.1) is 0 Å². The molecular formula is C13H18N2S. The zero-order chi connectivity index (χ0) is 11.5. The average molecular weight is 234 g/mol. The lowest BCUT2D eigenvalue weighted by molar-refractivity contribution is 0.655. The quantitative estimate of drug-likeness (QED) is 0.812. The van der Waals surface area contributed by atoms with Crippen LogP contribution in [0.15, 0.2) is 24.3 Å². The summed E-state index contributed by atoms with van der Waals surface area (Å²) in [6.45, 7) is 3.33. The van der Waals surface area contributed by atoms with Crippen molar-refractivity contribution in [1.29, 1.82) is 0 Å². The molecule has 1 aliphatic rings. The number of benzene rings is 1. The van der Waals surface area contributed by atoms with E-state index in [1.54, 1.807) is 0 Å². The topological polar surface area (TPSA) is 29.3 Å².